The van der Waals surface area contributed by atoms with Crippen LogP contribution < -0.4 is 0 Å². The van der Waals surface area contributed by atoms with Crippen molar-refractivity contribution in [1.29, 1.82) is 0 Å². The Morgan fingerprint density at radius 1 is 1.47 bits per heavy atom. The molecule has 1 aliphatic carbocycles. The normalized spacial score (nSPS) is 19.4. The molecular weight excluding hydrogens is 216 g/mol. The van der Waals surface area contributed by atoms with E-state index < -0.39 is 0 Å². The zero-order valence-electron chi connectivity index (χ0n) is 9.50. The van der Waals surface area contributed by atoms with Gasteiger partial charge in [0.05, 0.1) is 12.3 Å². The first-order chi connectivity index (χ1) is 8.33. The number of carbonyl (C=O) groups excluding carboxylic acids is 1. The van der Waals surface area contributed by atoms with Crippen LogP contribution in [0.25, 0.3) is 6.08 Å². The van der Waals surface area contributed by atoms with Crippen molar-refractivity contribution < 1.29 is 9.53 Å². The van der Waals surface area contributed by atoms with E-state index in [1.807, 2.05) is 24.3 Å². The lowest BCUT2D eigenvalue weighted by atomic mass is 10.3. The van der Waals surface area contributed by atoms with Crippen molar-refractivity contribution in [2.45, 2.75) is 19.3 Å². The maximum atomic E-state index is 11.7. The Bertz CT molecular complexity index is 495. The molecule has 1 saturated carbocycles. The highest BCUT2D eigenvalue weighted by atomic mass is 16.5. The molecule has 1 aromatic heterocycles. The van der Waals surface area contributed by atoms with Gasteiger partial charge in [-0.1, -0.05) is 0 Å². The minimum atomic E-state index is 0.112. The topological polar surface area (TPSA) is 44.1 Å². The molecule has 0 radical (unpaired) electrons. The predicted octanol–water partition coefficient (Wildman–Crippen LogP) is 2.25. The van der Waals surface area contributed by atoms with Crippen molar-refractivity contribution in [3.05, 3.63) is 35.9 Å². The summed E-state index contributed by atoms with van der Waals surface area (Å²) in [6.45, 7) is 0.758. The van der Waals surface area contributed by atoms with E-state index in [-0.39, 0.29) is 11.8 Å². The number of hydrogen-bond acceptors (Lipinski definition) is 3. The first kappa shape index (κ1) is 10.3. The van der Waals surface area contributed by atoms with Gasteiger partial charge < -0.3 is 4.74 Å². The fourth-order valence-electron chi connectivity index (χ4n) is 1.79. The fraction of sp³-hybridized carbons (Fsp3) is 0.385. The Balaban J connectivity index is 1.69. The van der Waals surface area contributed by atoms with Gasteiger partial charge in [-0.05, 0) is 37.1 Å². The molecule has 17 heavy (non-hydrogen) atoms. The third-order valence-electron chi connectivity index (χ3n) is 2.91. The summed E-state index contributed by atoms with van der Waals surface area (Å²) < 4.78 is 6.80. The zero-order valence-corrected chi connectivity index (χ0v) is 9.50. The van der Waals surface area contributed by atoms with Crippen molar-refractivity contribution in [3.63, 3.8) is 0 Å². The summed E-state index contributed by atoms with van der Waals surface area (Å²) in [6, 6.07) is 1.84. The lowest BCUT2D eigenvalue weighted by Crippen LogP contribution is -2.12. The fourth-order valence-corrected chi connectivity index (χ4v) is 1.79. The summed E-state index contributed by atoms with van der Waals surface area (Å²) in [4.78, 5) is 11.7. The SMILES string of the molecule is O=C(C1CC1)n1ccc(/C=C/C2=CCCO2)n1. The van der Waals surface area contributed by atoms with Crippen LogP contribution in [0.15, 0.2) is 30.2 Å². The molecule has 0 atom stereocenters. The molecule has 0 spiro atoms. The molecule has 1 fully saturated rings. The predicted molar refractivity (Wildman–Crippen MR) is 63.3 cm³/mol. The molecule has 2 aliphatic rings. The van der Waals surface area contributed by atoms with Crippen molar-refractivity contribution in [3.8, 4) is 0 Å². The van der Waals surface area contributed by atoms with Gasteiger partial charge in [-0.25, -0.2) is 4.68 Å². The van der Waals surface area contributed by atoms with Crippen molar-refractivity contribution in [2.24, 2.45) is 5.92 Å². The molecule has 88 valence electrons. The average Bonchev–Trinajstić information content (AvgIpc) is 2.88. The van der Waals surface area contributed by atoms with Crippen LogP contribution in [-0.2, 0) is 4.74 Å². The molecule has 1 aromatic rings. The summed E-state index contributed by atoms with van der Waals surface area (Å²) >= 11 is 0. The summed E-state index contributed by atoms with van der Waals surface area (Å²) in [5, 5.41) is 4.23. The monoisotopic (exact) mass is 230 g/mol. The Kier molecular flexibility index (Phi) is 2.55. The van der Waals surface area contributed by atoms with Crippen LogP contribution >= 0.6 is 0 Å². The molecule has 0 saturated heterocycles. The van der Waals surface area contributed by atoms with Crippen molar-refractivity contribution in [1.82, 2.24) is 9.78 Å². The van der Waals surface area contributed by atoms with Crippen LogP contribution in [0.2, 0.25) is 0 Å². The van der Waals surface area contributed by atoms with E-state index in [0.29, 0.717) is 0 Å². The molecule has 0 N–H and O–H groups in total. The maximum absolute atomic E-state index is 11.7. The van der Waals surface area contributed by atoms with Gasteiger partial charge in [0, 0.05) is 18.5 Å². The van der Waals surface area contributed by atoms with E-state index in [1.54, 1.807) is 6.20 Å². The van der Waals surface area contributed by atoms with Gasteiger partial charge in [0.25, 0.3) is 0 Å². The Morgan fingerprint density at radius 3 is 3.06 bits per heavy atom. The molecule has 3 rings (SSSR count). The minimum Gasteiger partial charge on any atom is -0.494 e. The van der Waals surface area contributed by atoms with Crippen LogP contribution in [0, 0.1) is 5.92 Å². The van der Waals surface area contributed by atoms with Crippen molar-refractivity contribution >= 4 is 12.0 Å². The number of rotatable bonds is 3. The summed E-state index contributed by atoms with van der Waals surface area (Å²) in [5.74, 6) is 1.20. The standard InChI is InChI=1S/C13H14N2O2/c16-13(10-3-4-10)15-8-7-11(14-15)5-6-12-2-1-9-17-12/h2,5-8,10H,1,3-4,9H2/b6-5+. The number of carbonyl (C=O) groups is 1. The molecule has 0 unspecified atom stereocenters. The van der Waals surface area contributed by atoms with Gasteiger partial charge >= 0.3 is 0 Å². The van der Waals surface area contributed by atoms with Gasteiger partial charge in [-0.15, -0.1) is 0 Å². The molecule has 2 heterocycles. The third-order valence-corrected chi connectivity index (χ3v) is 2.91. The Labute approximate surface area is 99.6 Å². The highest BCUT2D eigenvalue weighted by molar-refractivity contribution is 5.82. The lowest BCUT2D eigenvalue weighted by molar-refractivity contribution is 0.0870. The van der Waals surface area contributed by atoms with Gasteiger partial charge in [0.1, 0.15) is 5.76 Å². The molecule has 0 aromatic carbocycles. The number of nitrogens with zero attached hydrogens (tertiary/aromatic N) is 2. The summed E-state index contributed by atoms with van der Waals surface area (Å²) in [6.07, 6.45) is 10.5. The summed E-state index contributed by atoms with van der Waals surface area (Å²) in [7, 11) is 0. The highest BCUT2D eigenvalue weighted by Gasteiger charge is 2.31. The maximum Gasteiger partial charge on any atom is 0.249 e. The molecule has 4 nitrogen and oxygen atoms in total. The Morgan fingerprint density at radius 2 is 2.35 bits per heavy atom. The molecule has 1 aliphatic heterocycles. The largest absolute Gasteiger partial charge is 0.494 e. The number of allylic oxidation sites excluding steroid dienone is 1. The first-order valence-electron chi connectivity index (χ1n) is 5.94. The zero-order chi connectivity index (χ0) is 11.7. The molecular formula is C13H14N2O2. The third kappa shape index (κ3) is 2.30. The van der Waals surface area contributed by atoms with E-state index in [0.717, 1.165) is 37.3 Å². The lowest BCUT2D eigenvalue weighted by Gasteiger charge is -1.96. The molecule has 4 heteroatoms. The number of ether oxygens (including phenoxy) is 1. The van der Waals surface area contributed by atoms with E-state index >= 15 is 0 Å². The quantitative estimate of drug-likeness (QED) is 0.800. The highest BCUT2D eigenvalue weighted by Crippen LogP contribution is 2.30. The minimum absolute atomic E-state index is 0.112. The van der Waals surface area contributed by atoms with E-state index in [1.165, 1.54) is 4.68 Å². The van der Waals surface area contributed by atoms with Crippen LogP contribution in [0.1, 0.15) is 29.8 Å². The van der Waals surface area contributed by atoms with Gasteiger partial charge in [-0.2, -0.15) is 5.10 Å². The average molecular weight is 230 g/mol. The Hall–Kier alpha value is -1.84. The van der Waals surface area contributed by atoms with Crippen LogP contribution in [0.5, 0.6) is 0 Å². The van der Waals surface area contributed by atoms with E-state index in [4.69, 9.17) is 4.74 Å². The van der Waals surface area contributed by atoms with Crippen LogP contribution in [0.3, 0.4) is 0 Å². The molecule has 0 bridgehead atoms. The second-order valence-electron chi connectivity index (χ2n) is 4.37. The first-order valence-corrected chi connectivity index (χ1v) is 5.94. The van der Waals surface area contributed by atoms with Gasteiger partial charge in [-0.3, -0.25) is 4.79 Å². The van der Waals surface area contributed by atoms with Crippen LogP contribution in [-0.4, -0.2) is 22.3 Å². The summed E-state index contributed by atoms with van der Waals surface area (Å²) in [5.41, 5.74) is 0.787. The van der Waals surface area contributed by atoms with Crippen molar-refractivity contribution in [2.75, 3.05) is 6.61 Å². The second kappa shape index (κ2) is 4.20. The van der Waals surface area contributed by atoms with Crippen LogP contribution in [0.4, 0.5) is 0 Å². The van der Waals surface area contributed by atoms with E-state index in [9.17, 15) is 4.79 Å². The smallest absolute Gasteiger partial charge is 0.249 e. The number of hydrogen-bond donors (Lipinski definition) is 0. The van der Waals surface area contributed by atoms with Gasteiger partial charge in [0.2, 0.25) is 5.91 Å². The second-order valence-corrected chi connectivity index (χ2v) is 4.37. The van der Waals surface area contributed by atoms with E-state index in [2.05, 4.69) is 5.10 Å². The molecule has 0 amide bonds. The number of aromatic nitrogens is 2. The van der Waals surface area contributed by atoms with Gasteiger partial charge in [0.15, 0.2) is 0 Å².